The topological polar surface area (TPSA) is 98.8 Å². The summed E-state index contributed by atoms with van der Waals surface area (Å²) < 4.78 is 0.901. The van der Waals surface area contributed by atoms with E-state index in [0.717, 1.165) is 47.1 Å². The predicted molar refractivity (Wildman–Crippen MR) is 108 cm³/mol. The number of hydrogen-bond donors (Lipinski definition) is 3. The molecule has 0 radical (unpaired) electrons. The van der Waals surface area contributed by atoms with E-state index in [1.54, 1.807) is 30.9 Å². The zero-order chi connectivity index (χ0) is 18.8. The fourth-order valence-corrected chi connectivity index (χ4v) is 4.03. The molecule has 1 saturated heterocycles. The minimum Gasteiger partial charge on any atom is -0.368 e. The first-order valence-corrected chi connectivity index (χ1v) is 9.63. The van der Waals surface area contributed by atoms with Gasteiger partial charge in [0.2, 0.25) is 5.82 Å². The van der Waals surface area contributed by atoms with Gasteiger partial charge in [-0.1, -0.05) is 0 Å². The Morgan fingerprint density at radius 3 is 2.93 bits per heavy atom. The molecule has 0 aromatic carbocycles. The molecular weight excluding hydrogens is 410 g/mol. The molecule has 0 aliphatic carbocycles. The number of rotatable bonds is 4. The number of nitrogens with zero attached hydrogens (tertiary/aromatic N) is 4. The fraction of sp³-hybridized carbons (Fsp3) is 0.333. The second-order valence-corrected chi connectivity index (χ2v) is 7.34. The molecule has 1 aliphatic rings. The van der Waals surface area contributed by atoms with Crippen molar-refractivity contribution in [3.63, 3.8) is 0 Å². The summed E-state index contributed by atoms with van der Waals surface area (Å²) in [4.78, 5) is 30.5. The number of carbonyl (C=O) groups excluding carboxylic acids is 1. The van der Waals surface area contributed by atoms with Crippen molar-refractivity contribution in [3.05, 3.63) is 41.2 Å². The quantitative estimate of drug-likeness (QED) is 0.589. The lowest BCUT2D eigenvalue weighted by Crippen LogP contribution is -2.44. The Kier molecular flexibility index (Phi) is 5.04. The third-order valence-corrected chi connectivity index (χ3v) is 5.37. The van der Waals surface area contributed by atoms with Gasteiger partial charge in [-0.05, 0) is 41.9 Å². The fourth-order valence-electron chi connectivity index (χ4n) is 3.47. The highest BCUT2D eigenvalue weighted by molar-refractivity contribution is 9.10. The first kappa shape index (κ1) is 17.9. The molecule has 1 unspecified atom stereocenters. The molecule has 27 heavy (non-hydrogen) atoms. The third kappa shape index (κ3) is 3.52. The molecule has 1 amide bonds. The number of fused-ring (bicyclic) bond motifs is 1. The number of piperidine rings is 1. The van der Waals surface area contributed by atoms with Gasteiger partial charge in [-0.3, -0.25) is 4.79 Å². The summed E-state index contributed by atoms with van der Waals surface area (Å²) in [6.07, 6.45) is 8.91. The van der Waals surface area contributed by atoms with Crippen molar-refractivity contribution in [2.75, 3.05) is 30.4 Å². The van der Waals surface area contributed by atoms with Crippen LogP contribution in [0.25, 0.3) is 11.0 Å². The summed E-state index contributed by atoms with van der Waals surface area (Å²) in [6, 6.07) is 2.11. The number of carbonyl (C=O) groups is 1. The van der Waals surface area contributed by atoms with E-state index < -0.39 is 0 Å². The van der Waals surface area contributed by atoms with Crippen LogP contribution >= 0.6 is 15.9 Å². The van der Waals surface area contributed by atoms with E-state index in [0.29, 0.717) is 11.7 Å². The molecule has 1 atom stereocenters. The summed E-state index contributed by atoms with van der Waals surface area (Å²) in [5.41, 5.74) is 2.42. The third-order valence-electron chi connectivity index (χ3n) is 4.79. The number of halogens is 1. The molecule has 3 aromatic heterocycles. The molecule has 8 nitrogen and oxygen atoms in total. The molecule has 1 aliphatic heterocycles. The SMILES string of the molecule is CNC1CCCN(c2c(Br)cnc3[nH]cc(NC(=O)c4ncccn4)c23)C1. The highest BCUT2D eigenvalue weighted by Crippen LogP contribution is 2.38. The van der Waals surface area contributed by atoms with E-state index in [1.807, 2.05) is 7.05 Å². The van der Waals surface area contributed by atoms with Crippen molar-refractivity contribution in [2.24, 2.45) is 0 Å². The van der Waals surface area contributed by atoms with Gasteiger partial charge in [0.05, 0.1) is 21.2 Å². The van der Waals surface area contributed by atoms with Crippen molar-refractivity contribution in [1.82, 2.24) is 25.3 Å². The van der Waals surface area contributed by atoms with E-state index in [1.165, 1.54) is 0 Å². The van der Waals surface area contributed by atoms with Crippen LogP contribution in [0.1, 0.15) is 23.5 Å². The average Bonchev–Trinajstić information content (AvgIpc) is 3.11. The Morgan fingerprint density at radius 1 is 1.33 bits per heavy atom. The minimum atomic E-state index is -0.353. The van der Waals surface area contributed by atoms with Crippen LogP contribution in [-0.2, 0) is 0 Å². The first-order valence-electron chi connectivity index (χ1n) is 8.83. The Hall–Kier alpha value is -2.52. The van der Waals surface area contributed by atoms with Gasteiger partial charge in [0, 0.05) is 43.9 Å². The molecule has 0 bridgehead atoms. The second-order valence-electron chi connectivity index (χ2n) is 6.48. The first-order chi connectivity index (χ1) is 13.2. The molecule has 9 heteroatoms. The normalized spacial score (nSPS) is 17.3. The highest BCUT2D eigenvalue weighted by Gasteiger charge is 2.25. The number of amides is 1. The molecule has 4 rings (SSSR count). The van der Waals surface area contributed by atoms with Gasteiger partial charge >= 0.3 is 0 Å². The number of likely N-dealkylation sites (N-methyl/N-ethyl adjacent to an activating group) is 1. The highest BCUT2D eigenvalue weighted by atomic mass is 79.9. The van der Waals surface area contributed by atoms with Gasteiger partial charge in [-0.2, -0.15) is 0 Å². The van der Waals surface area contributed by atoms with Crippen molar-refractivity contribution in [3.8, 4) is 0 Å². The second kappa shape index (κ2) is 7.61. The predicted octanol–water partition coefficient (Wildman–Crippen LogP) is 2.56. The Morgan fingerprint density at radius 2 is 2.15 bits per heavy atom. The maximum absolute atomic E-state index is 12.5. The van der Waals surface area contributed by atoms with Gasteiger partial charge in [-0.15, -0.1) is 0 Å². The summed E-state index contributed by atoms with van der Waals surface area (Å²) >= 11 is 3.65. The number of aromatic amines is 1. The number of aromatic nitrogens is 4. The van der Waals surface area contributed by atoms with Gasteiger partial charge in [-0.25, -0.2) is 15.0 Å². The van der Waals surface area contributed by atoms with Crippen LogP contribution in [0.15, 0.2) is 35.3 Å². The van der Waals surface area contributed by atoms with Crippen LogP contribution in [0.3, 0.4) is 0 Å². The molecule has 4 heterocycles. The summed E-state index contributed by atoms with van der Waals surface area (Å²) in [7, 11) is 1.99. The van der Waals surface area contributed by atoms with E-state index in [2.05, 4.69) is 51.4 Å². The van der Waals surface area contributed by atoms with Crippen molar-refractivity contribution in [1.29, 1.82) is 0 Å². The largest absolute Gasteiger partial charge is 0.368 e. The van der Waals surface area contributed by atoms with Gasteiger partial charge < -0.3 is 20.5 Å². The number of hydrogen-bond acceptors (Lipinski definition) is 6. The van der Waals surface area contributed by atoms with Crippen LogP contribution < -0.4 is 15.5 Å². The molecular formula is C18H20BrN7O. The Labute approximate surface area is 164 Å². The van der Waals surface area contributed by atoms with E-state index in [4.69, 9.17) is 0 Å². The average molecular weight is 430 g/mol. The van der Waals surface area contributed by atoms with E-state index in [-0.39, 0.29) is 11.7 Å². The van der Waals surface area contributed by atoms with Crippen LogP contribution in [-0.4, -0.2) is 52.0 Å². The van der Waals surface area contributed by atoms with E-state index >= 15 is 0 Å². The number of nitrogens with one attached hydrogen (secondary N) is 3. The van der Waals surface area contributed by atoms with Gasteiger partial charge in [0.15, 0.2) is 0 Å². The van der Waals surface area contributed by atoms with Crippen molar-refractivity contribution < 1.29 is 4.79 Å². The zero-order valence-corrected chi connectivity index (χ0v) is 16.5. The summed E-state index contributed by atoms with van der Waals surface area (Å²) in [5, 5.41) is 7.16. The lowest BCUT2D eigenvalue weighted by Gasteiger charge is -2.35. The van der Waals surface area contributed by atoms with Crippen LogP contribution in [0.4, 0.5) is 11.4 Å². The van der Waals surface area contributed by atoms with Crippen LogP contribution in [0, 0.1) is 0 Å². The Balaban J connectivity index is 1.72. The van der Waals surface area contributed by atoms with Gasteiger partial charge in [0.1, 0.15) is 5.65 Å². The smallest absolute Gasteiger partial charge is 0.293 e. The van der Waals surface area contributed by atoms with Crippen LogP contribution in [0.2, 0.25) is 0 Å². The van der Waals surface area contributed by atoms with Gasteiger partial charge in [0.25, 0.3) is 5.91 Å². The van der Waals surface area contributed by atoms with Crippen molar-refractivity contribution in [2.45, 2.75) is 18.9 Å². The van der Waals surface area contributed by atoms with Crippen molar-refractivity contribution >= 4 is 44.2 Å². The molecule has 0 saturated carbocycles. The monoisotopic (exact) mass is 429 g/mol. The zero-order valence-electron chi connectivity index (χ0n) is 14.9. The molecule has 1 fully saturated rings. The number of pyridine rings is 1. The number of anilines is 2. The molecule has 3 aromatic rings. The standard InChI is InChI=1S/C18H20BrN7O/c1-20-11-4-2-7-26(10-11)15-12(19)8-23-16-14(15)13(9-24-16)25-18(27)17-21-5-3-6-22-17/h3,5-6,8-9,11,20H,2,4,7,10H2,1H3,(H,23,24)(H,25,27). The molecule has 140 valence electrons. The maximum Gasteiger partial charge on any atom is 0.293 e. The lowest BCUT2D eigenvalue weighted by atomic mass is 10.0. The van der Waals surface area contributed by atoms with Crippen LogP contribution in [0.5, 0.6) is 0 Å². The minimum absolute atomic E-state index is 0.129. The lowest BCUT2D eigenvalue weighted by molar-refractivity contribution is 0.101. The van der Waals surface area contributed by atoms with E-state index in [9.17, 15) is 4.79 Å². The number of H-pyrrole nitrogens is 1. The Bertz CT molecular complexity index is 959. The maximum atomic E-state index is 12.5. The summed E-state index contributed by atoms with van der Waals surface area (Å²) in [5.74, 6) is -0.223. The molecule has 0 spiro atoms. The summed E-state index contributed by atoms with van der Waals surface area (Å²) in [6.45, 7) is 1.85. The molecule has 3 N–H and O–H groups in total.